The molecule has 1 saturated heterocycles. The lowest BCUT2D eigenvalue weighted by Gasteiger charge is -2.35. The summed E-state index contributed by atoms with van der Waals surface area (Å²) in [6, 6.07) is 9.20. The largest absolute Gasteiger partial charge is 0.467 e. The molecule has 8 heteroatoms. The van der Waals surface area contributed by atoms with Gasteiger partial charge in [0.2, 0.25) is 5.91 Å². The molecule has 26 heavy (non-hydrogen) atoms. The molecule has 1 atom stereocenters. The van der Waals surface area contributed by atoms with Crippen molar-refractivity contribution in [3.05, 3.63) is 36.1 Å². The predicted octanol–water partition coefficient (Wildman–Crippen LogP) is 1.77. The minimum absolute atomic E-state index is 0.000592. The second-order valence-corrected chi connectivity index (χ2v) is 8.93. The number of furan rings is 1. The lowest BCUT2D eigenvalue weighted by Crippen LogP contribution is -2.59. The van der Waals surface area contributed by atoms with Gasteiger partial charge in [-0.05, 0) is 31.9 Å². The molecule has 1 N–H and O–H groups in total. The van der Waals surface area contributed by atoms with Crippen LogP contribution in [0.15, 0.2) is 34.7 Å². The van der Waals surface area contributed by atoms with Crippen LogP contribution in [0.1, 0.15) is 31.4 Å². The third kappa shape index (κ3) is 3.46. The number of amides is 1. The number of carbonyl (C=O) groups excluding carboxylic acids is 2. The van der Waals surface area contributed by atoms with Gasteiger partial charge in [0.25, 0.3) is 0 Å². The first-order valence-electron chi connectivity index (χ1n) is 8.36. The van der Waals surface area contributed by atoms with Crippen molar-refractivity contribution >= 4 is 32.7 Å². The number of ether oxygens (including phenoxy) is 1. The van der Waals surface area contributed by atoms with Crippen LogP contribution in [0.3, 0.4) is 0 Å². The Hall–Kier alpha value is -2.35. The molecule has 1 aromatic heterocycles. The number of nitrogens with one attached hydrogen (secondary N) is 1. The molecule has 1 aliphatic heterocycles. The number of rotatable bonds is 4. The lowest BCUT2D eigenvalue weighted by atomic mass is 9.91. The highest BCUT2D eigenvalue weighted by Gasteiger charge is 2.46. The topological polar surface area (TPSA) is 103 Å². The second kappa shape index (κ2) is 6.75. The van der Waals surface area contributed by atoms with Crippen LogP contribution in [0.2, 0.25) is 0 Å². The van der Waals surface area contributed by atoms with Crippen molar-refractivity contribution in [2.45, 2.75) is 31.2 Å². The zero-order valence-electron chi connectivity index (χ0n) is 14.7. The van der Waals surface area contributed by atoms with Gasteiger partial charge in [-0.1, -0.05) is 18.2 Å². The van der Waals surface area contributed by atoms with E-state index >= 15 is 0 Å². The SMILES string of the molecule is COC(=O)C1(NC(=O)[C@@H](C)c2cc3ccccc3o2)CCS(=O)(=O)CC1. The molecule has 0 saturated carbocycles. The first kappa shape index (κ1) is 18.4. The quantitative estimate of drug-likeness (QED) is 0.812. The molecular formula is C18H21NO6S. The van der Waals surface area contributed by atoms with Crippen LogP contribution >= 0.6 is 0 Å². The summed E-state index contributed by atoms with van der Waals surface area (Å²) in [5.74, 6) is -1.52. The Labute approximate surface area is 151 Å². The van der Waals surface area contributed by atoms with Crippen molar-refractivity contribution in [3.8, 4) is 0 Å². The first-order chi connectivity index (χ1) is 12.3. The third-order valence-corrected chi connectivity index (χ3v) is 6.54. The molecule has 0 aliphatic carbocycles. The van der Waals surface area contributed by atoms with Crippen molar-refractivity contribution in [1.82, 2.24) is 5.32 Å². The second-order valence-electron chi connectivity index (χ2n) is 6.62. The molecule has 140 valence electrons. The summed E-state index contributed by atoms with van der Waals surface area (Å²) in [7, 11) is -1.97. The Balaban J connectivity index is 1.82. The molecule has 1 fully saturated rings. The fourth-order valence-corrected chi connectivity index (χ4v) is 4.67. The molecule has 1 aromatic carbocycles. The van der Waals surface area contributed by atoms with E-state index in [9.17, 15) is 18.0 Å². The number of hydrogen-bond acceptors (Lipinski definition) is 6. The van der Waals surface area contributed by atoms with E-state index in [0.29, 0.717) is 11.3 Å². The maximum Gasteiger partial charge on any atom is 0.331 e. The summed E-state index contributed by atoms with van der Waals surface area (Å²) < 4.78 is 34.0. The van der Waals surface area contributed by atoms with Gasteiger partial charge in [-0.2, -0.15) is 0 Å². The van der Waals surface area contributed by atoms with Gasteiger partial charge in [-0.15, -0.1) is 0 Å². The van der Waals surface area contributed by atoms with Crippen LogP contribution in [0.5, 0.6) is 0 Å². The first-order valence-corrected chi connectivity index (χ1v) is 10.2. The van der Waals surface area contributed by atoms with Crippen LogP contribution in [-0.2, 0) is 24.2 Å². The van der Waals surface area contributed by atoms with Gasteiger partial charge in [0.1, 0.15) is 16.9 Å². The number of benzene rings is 1. The maximum atomic E-state index is 12.7. The van der Waals surface area contributed by atoms with Crippen LogP contribution in [0.25, 0.3) is 11.0 Å². The van der Waals surface area contributed by atoms with Crippen LogP contribution in [0, 0.1) is 0 Å². The Kier molecular flexibility index (Phi) is 4.79. The predicted molar refractivity (Wildman–Crippen MR) is 95.4 cm³/mol. The van der Waals surface area contributed by atoms with Gasteiger partial charge in [0.05, 0.1) is 24.5 Å². The monoisotopic (exact) mass is 379 g/mol. The Morgan fingerprint density at radius 1 is 1.23 bits per heavy atom. The van der Waals surface area contributed by atoms with E-state index in [1.807, 2.05) is 24.3 Å². The number of carbonyl (C=O) groups is 2. The van der Waals surface area contributed by atoms with E-state index in [2.05, 4.69) is 5.32 Å². The number of para-hydroxylation sites is 1. The van der Waals surface area contributed by atoms with Gasteiger partial charge in [-0.25, -0.2) is 13.2 Å². The van der Waals surface area contributed by atoms with E-state index in [-0.39, 0.29) is 24.3 Å². The van der Waals surface area contributed by atoms with E-state index in [1.54, 1.807) is 13.0 Å². The molecule has 0 spiro atoms. The summed E-state index contributed by atoms with van der Waals surface area (Å²) in [4.78, 5) is 25.0. The molecule has 1 aliphatic rings. The Morgan fingerprint density at radius 2 is 1.88 bits per heavy atom. The summed E-state index contributed by atoms with van der Waals surface area (Å²) in [6.45, 7) is 1.68. The minimum Gasteiger partial charge on any atom is -0.467 e. The molecule has 0 radical (unpaired) electrons. The number of hydrogen-bond donors (Lipinski definition) is 1. The summed E-state index contributed by atoms with van der Waals surface area (Å²) in [5.41, 5.74) is -0.647. The molecule has 3 rings (SSSR count). The zero-order chi connectivity index (χ0) is 18.9. The van der Waals surface area contributed by atoms with Crippen LogP contribution in [0.4, 0.5) is 0 Å². The standard InChI is InChI=1S/C18H21NO6S/c1-12(15-11-13-5-3-4-6-14(13)25-15)16(20)19-18(17(21)24-2)7-9-26(22,23)10-8-18/h3-6,11-12H,7-10H2,1-2H3,(H,19,20)/t12-/m0/s1. The molecule has 0 unspecified atom stereocenters. The fourth-order valence-electron chi connectivity index (χ4n) is 3.15. The van der Waals surface area contributed by atoms with Crippen molar-refractivity contribution in [3.63, 3.8) is 0 Å². The van der Waals surface area contributed by atoms with E-state index in [4.69, 9.17) is 9.15 Å². The van der Waals surface area contributed by atoms with Crippen molar-refractivity contribution < 1.29 is 27.2 Å². The van der Waals surface area contributed by atoms with Crippen molar-refractivity contribution in [2.24, 2.45) is 0 Å². The number of fused-ring (bicyclic) bond motifs is 1. The molecule has 2 aromatic rings. The Morgan fingerprint density at radius 3 is 2.50 bits per heavy atom. The van der Waals surface area contributed by atoms with Crippen molar-refractivity contribution in [1.29, 1.82) is 0 Å². The lowest BCUT2D eigenvalue weighted by molar-refractivity contribution is -0.151. The molecular weight excluding hydrogens is 358 g/mol. The summed E-state index contributed by atoms with van der Waals surface area (Å²) in [5, 5.41) is 3.61. The van der Waals surface area contributed by atoms with E-state index < -0.39 is 33.2 Å². The number of methoxy groups -OCH3 is 1. The summed E-state index contributed by atoms with van der Waals surface area (Å²) >= 11 is 0. The third-order valence-electron chi connectivity index (χ3n) is 4.88. The van der Waals surface area contributed by atoms with Gasteiger partial charge < -0.3 is 14.5 Å². The number of esters is 1. The van der Waals surface area contributed by atoms with E-state index in [0.717, 1.165) is 5.39 Å². The van der Waals surface area contributed by atoms with Crippen LogP contribution < -0.4 is 5.32 Å². The van der Waals surface area contributed by atoms with Crippen molar-refractivity contribution in [2.75, 3.05) is 18.6 Å². The highest BCUT2D eigenvalue weighted by molar-refractivity contribution is 7.91. The minimum atomic E-state index is -3.20. The molecule has 1 amide bonds. The molecule has 0 bridgehead atoms. The van der Waals surface area contributed by atoms with E-state index in [1.165, 1.54) is 7.11 Å². The maximum absolute atomic E-state index is 12.7. The molecule has 7 nitrogen and oxygen atoms in total. The molecule has 2 heterocycles. The summed E-state index contributed by atoms with van der Waals surface area (Å²) in [6.07, 6.45) is 0.00118. The average Bonchev–Trinajstić information content (AvgIpc) is 3.06. The smallest absolute Gasteiger partial charge is 0.331 e. The average molecular weight is 379 g/mol. The fraction of sp³-hybridized carbons (Fsp3) is 0.444. The van der Waals surface area contributed by atoms with Gasteiger partial charge in [-0.3, -0.25) is 4.79 Å². The van der Waals surface area contributed by atoms with Gasteiger partial charge >= 0.3 is 5.97 Å². The normalized spacial score (nSPS) is 19.6. The number of sulfone groups is 1. The van der Waals surface area contributed by atoms with Crippen LogP contribution in [-0.4, -0.2) is 44.4 Å². The highest BCUT2D eigenvalue weighted by atomic mass is 32.2. The Bertz CT molecular complexity index is 898. The zero-order valence-corrected chi connectivity index (χ0v) is 15.5. The highest BCUT2D eigenvalue weighted by Crippen LogP contribution is 2.29. The van der Waals surface area contributed by atoms with Gasteiger partial charge in [0.15, 0.2) is 9.84 Å². The van der Waals surface area contributed by atoms with Gasteiger partial charge in [0, 0.05) is 5.39 Å².